The van der Waals surface area contributed by atoms with Gasteiger partial charge in [-0.15, -0.1) is 23.5 Å². The van der Waals surface area contributed by atoms with E-state index in [9.17, 15) is 0 Å². The molecular weight excluding hydrogens is 384 g/mol. The first-order valence-electron chi connectivity index (χ1n) is 9.47. The van der Waals surface area contributed by atoms with E-state index in [2.05, 4.69) is 55.5 Å². The molecule has 28 heavy (non-hydrogen) atoms. The van der Waals surface area contributed by atoms with Crippen LogP contribution >= 0.6 is 23.5 Å². The molecule has 0 atom stereocenters. The highest BCUT2D eigenvalue weighted by Crippen LogP contribution is 2.55. The second-order valence-corrected chi connectivity index (χ2v) is 9.71. The van der Waals surface area contributed by atoms with Gasteiger partial charge in [-0.05, 0) is 72.4 Å². The molecule has 0 spiro atoms. The van der Waals surface area contributed by atoms with Crippen molar-refractivity contribution >= 4 is 23.5 Å². The molecular formula is C24H24O2S2. The lowest BCUT2D eigenvalue weighted by Crippen LogP contribution is -2.24. The second kappa shape index (κ2) is 8.54. The van der Waals surface area contributed by atoms with Crippen molar-refractivity contribution in [1.82, 2.24) is 0 Å². The zero-order chi connectivity index (χ0) is 19.4. The number of methoxy groups -OCH3 is 1. The summed E-state index contributed by atoms with van der Waals surface area (Å²) < 4.78 is 11.2. The zero-order valence-corrected chi connectivity index (χ0v) is 17.8. The van der Waals surface area contributed by atoms with Gasteiger partial charge in [0.2, 0.25) is 0 Å². The molecule has 0 amide bonds. The molecule has 144 valence electrons. The molecule has 0 radical (unpaired) electrons. The molecule has 0 N–H and O–H groups in total. The van der Waals surface area contributed by atoms with Gasteiger partial charge in [-0.3, -0.25) is 0 Å². The average molecular weight is 409 g/mol. The van der Waals surface area contributed by atoms with E-state index in [0.717, 1.165) is 17.2 Å². The third kappa shape index (κ3) is 4.03. The molecule has 0 unspecified atom stereocenters. The summed E-state index contributed by atoms with van der Waals surface area (Å²) in [6, 6.07) is 25.2. The molecule has 1 heterocycles. The van der Waals surface area contributed by atoms with Gasteiger partial charge < -0.3 is 9.47 Å². The number of hydrogen-bond acceptors (Lipinski definition) is 4. The van der Waals surface area contributed by atoms with Crippen molar-refractivity contribution in [2.24, 2.45) is 0 Å². The minimum atomic E-state index is -0.0371. The van der Waals surface area contributed by atoms with Crippen LogP contribution in [0.4, 0.5) is 0 Å². The summed E-state index contributed by atoms with van der Waals surface area (Å²) in [5.41, 5.74) is 4.00. The Bertz CT molecular complexity index is 897. The van der Waals surface area contributed by atoms with E-state index in [4.69, 9.17) is 9.47 Å². The van der Waals surface area contributed by atoms with Crippen LogP contribution in [0.5, 0.6) is 17.2 Å². The molecule has 3 aromatic carbocycles. The summed E-state index contributed by atoms with van der Waals surface area (Å²) in [5, 5.41) is 0. The Hall–Kier alpha value is -2.04. The molecule has 4 heteroatoms. The van der Waals surface area contributed by atoms with Crippen LogP contribution in [-0.2, 0) is 4.08 Å². The first-order chi connectivity index (χ1) is 13.7. The van der Waals surface area contributed by atoms with Gasteiger partial charge in [0.1, 0.15) is 21.3 Å². The average Bonchev–Trinajstić information content (AvgIpc) is 2.76. The summed E-state index contributed by atoms with van der Waals surface area (Å²) in [5.74, 6) is 4.85. The van der Waals surface area contributed by atoms with Crippen LogP contribution in [0.3, 0.4) is 0 Å². The Labute approximate surface area is 175 Å². The Morgan fingerprint density at radius 1 is 0.679 bits per heavy atom. The van der Waals surface area contributed by atoms with E-state index in [0.29, 0.717) is 0 Å². The van der Waals surface area contributed by atoms with E-state index in [1.165, 1.54) is 34.6 Å². The lowest BCUT2D eigenvalue weighted by atomic mass is 10.0. The van der Waals surface area contributed by atoms with Gasteiger partial charge in [0.15, 0.2) is 0 Å². The third-order valence-electron chi connectivity index (χ3n) is 4.86. The van der Waals surface area contributed by atoms with E-state index < -0.39 is 0 Å². The second-order valence-electron chi connectivity index (χ2n) is 6.84. The standard InChI is InChI=1S/C24H24O2S2/c1-18-4-6-19(7-5-18)24(27-16-3-17-28-24)20-8-10-22(11-9-20)26-23-14-12-21(25-2)13-15-23/h4-15H,3,16-17H2,1-2H3. The maximum Gasteiger partial charge on any atom is 0.127 e. The highest BCUT2D eigenvalue weighted by atomic mass is 32.2. The molecule has 4 rings (SSSR count). The van der Waals surface area contributed by atoms with Gasteiger partial charge >= 0.3 is 0 Å². The Morgan fingerprint density at radius 3 is 1.68 bits per heavy atom. The predicted octanol–water partition coefficient (Wildman–Crippen LogP) is 6.87. The fourth-order valence-corrected chi connectivity index (χ4v) is 6.71. The maximum absolute atomic E-state index is 6.01. The molecule has 1 aliphatic rings. The molecule has 1 saturated heterocycles. The van der Waals surface area contributed by atoms with Gasteiger partial charge in [0.05, 0.1) is 7.11 Å². The van der Waals surface area contributed by atoms with Crippen molar-refractivity contribution in [1.29, 1.82) is 0 Å². The van der Waals surface area contributed by atoms with Crippen LogP contribution < -0.4 is 9.47 Å². The largest absolute Gasteiger partial charge is 0.497 e. The Morgan fingerprint density at radius 2 is 1.14 bits per heavy atom. The SMILES string of the molecule is COc1ccc(Oc2ccc(C3(c4ccc(C)cc4)SCCCS3)cc2)cc1. The Balaban J connectivity index is 1.60. The number of hydrogen-bond donors (Lipinski definition) is 0. The minimum Gasteiger partial charge on any atom is -0.497 e. The van der Waals surface area contributed by atoms with Crippen LogP contribution in [0.2, 0.25) is 0 Å². The van der Waals surface area contributed by atoms with Gasteiger partial charge in [-0.2, -0.15) is 0 Å². The van der Waals surface area contributed by atoms with E-state index >= 15 is 0 Å². The van der Waals surface area contributed by atoms with Crippen LogP contribution in [0.25, 0.3) is 0 Å². The topological polar surface area (TPSA) is 18.5 Å². The van der Waals surface area contributed by atoms with E-state index in [1.54, 1.807) is 7.11 Å². The highest BCUT2D eigenvalue weighted by Gasteiger charge is 2.37. The van der Waals surface area contributed by atoms with Crippen molar-refractivity contribution in [2.75, 3.05) is 18.6 Å². The summed E-state index contributed by atoms with van der Waals surface area (Å²) in [7, 11) is 1.67. The molecule has 0 saturated carbocycles. The highest BCUT2D eigenvalue weighted by molar-refractivity contribution is 8.18. The van der Waals surface area contributed by atoms with Crippen molar-refractivity contribution in [2.45, 2.75) is 17.4 Å². The lowest BCUT2D eigenvalue weighted by Gasteiger charge is -2.37. The van der Waals surface area contributed by atoms with Crippen LogP contribution in [0, 0.1) is 6.92 Å². The number of aryl methyl sites for hydroxylation is 1. The van der Waals surface area contributed by atoms with Crippen LogP contribution in [0.15, 0.2) is 72.8 Å². The number of thioether (sulfide) groups is 2. The smallest absolute Gasteiger partial charge is 0.127 e. The molecule has 0 aliphatic carbocycles. The normalized spacial score (nSPS) is 15.8. The van der Waals surface area contributed by atoms with Crippen LogP contribution in [0.1, 0.15) is 23.1 Å². The minimum absolute atomic E-state index is 0.0371. The van der Waals surface area contributed by atoms with Gasteiger partial charge in [-0.25, -0.2) is 0 Å². The first-order valence-corrected chi connectivity index (χ1v) is 11.4. The lowest BCUT2D eigenvalue weighted by molar-refractivity contribution is 0.413. The van der Waals surface area contributed by atoms with Crippen molar-refractivity contribution in [3.8, 4) is 17.2 Å². The zero-order valence-electron chi connectivity index (χ0n) is 16.2. The van der Waals surface area contributed by atoms with Gasteiger partial charge in [-0.1, -0.05) is 42.0 Å². The summed E-state index contributed by atoms with van der Waals surface area (Å²) >= 11 is 4.09. The molecule has 1 aliphatic heterocycles. The summed E-state index contributed by atoms with van der Waals surface area (Å²) in [4.78, 5) is 0. The molecule has 1 fully saturated rings. The van der Waals surface area contributed by atoms with Crippen LogP contribution in [-0.4, -0.2) is 18.6 Å². The molecule has 0 aromatic heterocycles. The predicted molar refractivity (Wildman–Crippen MR) is 121 cm³/mol. The van der Waals surface area contributed by atoms with Crippen molar-refractivity contribution in [3.05, 3.63) is 89.5 Å². The summed E-state index contributed by atoms with van der Waals surface area (Å²) in [6.07, 6.45) is 1.27. The third-order valence-corrected chi connectivity index (χ3v) is 8.31. The number of ether oxygens (including phenoxy) is 2. The maximum atomic E-state index is 6.01. The first kappa shape index (κ1) is 19.3. The fraction of sp³-hybridized carbons (Fsp3) is 0.250. The Kier molecular flexibility index (Phi) is 5.88. The fourth-order valence-electron chi connectivity index (χ4n) is 3.33. The molecule has 2 nitrogen and oxygen atoms in total. The monoisotopic (exact) mass is 408 g/mol. The van der Waals surface area contributed by atoms with E-state index in [-0.39, 0.29) is 4.08 Å². The number of benzene rings is 3. The molecule has 0 bridgehead atoms. The molecule has 3 aromatic rings. The van der Waals surface area contributed by atoms with Crippen molar-refractivity contribution in [3.63, 3.8) is 0 Å². The quantitative estimate of drug-likeness (QED) is 0.458. The van der Waals surface area contributed by atoms with Gasteiger partial charge in [0.25, 0.3) is 0 Å². The van der Waals surface area contributed by atoms with Crippen molar-refractivity contribution < 1.29 is 9.47 Å². The van der Waals surface area contributed by atoms with Gasteiger partial charge in [0, 0.05) is 0 Å². The summed E-state index contributed by atoms with van der Waals surface area (Å²) in [6.45, 7) is 2.14. The number of rotatable bonds is 5. The van der Waals surface area contributed by atoms with E-state index in [1.807, 2.05) is 47.8 Å².